The van der Waals surface area contributed by atoms with Gasteiger partial charge in [-0.1, -0.05) is 5.16 Å². The zero-order chi connectivity index (χ0) is 17.6. The predicted octanol–water partition coefficient (Wildman–Crippen LogP) is 4.46. The second-order valence-electron chi connectivity index (χ2n) is 5.09. The number of halogens is 2. The van der Waals surface area contributed by atoms with Crippen molar-refractivity contribution in [1.29, 1.82) is 0 Å². The Kier molecular flexibility index (Phi) is 5.45. The standard InChI is InChI=1S/C18H13F2NO3S/c19-13-3-1-12(2-4-13)17-9-15(21-24-17)10-23-18(22)11-25-16-7-5-14(20)6-8-16/h1-9H,10-11H2. The van der Waals surface area contributed by atoms with Gasteiger partial charge in [0.2, 0.25) is 0 Å². The molecule has 4 nitrogen and oxygen atoms in total. The van der Waals surface area contributed by atoms with Crippen molar-refractivity contribution in [2.45, 2.75) is 11.5 Å². The summed E-state index contributed by atoms with van der Waals surface area (Å²) in [7, 11) is 0. The van der Waals surface area contributed by atoms with Gasteiger partial charge in [-0.05, 0) is 48.5 Å². The lowest BCUT2D eigenvalue weighted by molar-refractivity contribution is -0.141. The van der Waals surface area contributed by atoms with Gasteiger partial charge in [0.05, 0.1) is 5.75 Å². The number of thioether (sulfide) groups is 1. The summed E-state index contributed by atoms with van der Waals surface area (Å²) < 4.78 is 36.0. The van der Waals surface area contributed by atoms with Crippen molar-refractivity contribution in [3.63, 3.8) is 0 Å². The summed E-state index contributed by atoms with van der Waals surface area (Å²) in [5, 5.41) is 3.82. The smallest absolute Gasteiger partial charge is 0.316 e. The van der Waals surface area contributed by atoms with E-state index in [1.165, 1.54) is 36.0 Å². The van der Waals surface area contributed by atoms with Crippen LogP contribution in [0, 0.1) is 11.6 Å². The van der Waals surface area contributed by atoms with E-state index in [1.807, 2.05) is 0 Å². The van der Waals surface area contributed by atoms with Crippen molar-refractivity contribution >= 4 is 17.7 Å². The molecule has 7 heteroatoms. The molecule has 0 aliphatic carbocycles. The number of nitrogens with zero attached hydrogens (tertiary/aromatic N) is 1. The number of benzene rings is 2. The number of hydrogen-bond donors (Lipinski definition) is 0. The van der Waals surface area contributed by atoms with Crippen LogP contribution in [0.1, 0.15) is 5.69 Å². The maximum absolute atomic E-state index is 12.9. The number of hydrogen-bond acceptors (Lipinski definition) is 5. The molecule has 0 spiro atoms. The van der Waals surface area contributed by atoms with E-state index in [0.717, 1.165) is 4.90 Å². The van der Waals surface area contributed by atoms with Crippen LogP contribution in [0.15, 0.2) is 64.0 Å². The lowest BCUT2D eigenvalue weighted by Gasteiger charge is -2.02. The summed E-state index contributed by atoms with van der Waals surface area (Å²) in [6.07, 6.45) is 0. The zero-order valence-electron chi connectivity index (χ0n) is 12.9. The quantitative estimate of drug-likeness (QED) is 0.479. The summed E-state index contributed by atoms with van der Waals surface area (Å²) in [6, 6.07) is 13.3. The molecule has 0 aliphatic rings. The Morgan fingerprint density at radius 1 is 1.04 bits per heavy atom. The van der Waals surface area contributed by atoms with Crippen LogP contribution in [0.25, 0.3) is 11.3 Å². The summed E-state index contributed by atoms with van der Waals surface area (Å²) in [5.74, 6) is -0.507. The van der Waals surface area contributed by atoms with Crippen LogP contribution in [-0.4, -0.2) is 16.9 Å². The third-order valence-electron chi connectivity index (χ3n) is 3.24. The Hall–Kier alpha value is -2.67. The highest BCUT2D eigenvalue weighted by Gasteiger charge is 2.10. The van der Waals surface area contributed by atoms with Crippen molar-refractivity contribution in [1.82, 2.24) is 5.16 Å². The van der Waals surface area contributed by atoms with Gasteiger partial charge in [-0.25, -0.2) is 8.78 Å². The first-order chi connectivity index (χ1) is 12.1. The summed E-state index contributed by atoms with van der Waals surface area (Å²) >= 11 is 1.26. The van der Waals surface area contributed by atoms with Gasteiger partial charge >= 0.3 is 5.97 Å². The molecule has 0 N–H and O–H groups in total. The largest absolute Gasteiger partial charge is 0.458 e. The second kappa shape index (κ2) is 7.94. The van der Waals surface area contributed by atoms with Crippen LogP contribution < -0.4 is 0 Å². The third kappa shape index (κ3) is 4.90. The Morgan fingerprint density at radius 3 is 2.36 bits per heavy atom. The van der Waals surface area contributed by atoms with Crippen LogP contribution in [0.3, 0.4) is 0 Å². The predicted molar refractivity (Wildman–Crippen MR) is 88.8 cm³/mol. The third-order valence-corrected chi connectivity index (χ3v) is 4.22. The summed E-state index contributed by atoms with van der Waals surface area (Å²) in [4.78, 5) is 12.5. The molecule has 0 atom stereocenters. The fourth-order valence-corrected chi connectivity index (χ4v) is 2.70. The maximum Gasteiger partial charge on any atom is 0.316 e. The molecule has 25 heavy (non-hydrogen) atoms. The highest BCUT2D eigenvalue weighted by molar-refractivity contribution is 8.00. The van der Waals surface area contributed by atoms with Gasteiger partial charge in [0.1, 0.15) is 23.9 Å². The molecule has 0 bridgehead atoms. The minimum atomic E-state index is -0.416. The SMILES string of the molecule is O=C(CSc1ccc(F)cc1)OCc1cc(-c2ccc(F)cc2)on1. The van der Waals surface area contributed by atoms with E-state index in [4.69, 9.17) is 9.26 Å². The molecule has 0 amide bonds. The average Bonchev–Trinajstić information content (AvgIpc) is 3.09. The van der Waals surface area contributed by atoms with Gasteiger partial charge in [0, 0.05) is 16.5 Å². The van der Waals surface area contributed by atoms with Gasteiger partial charge < -0.3 is 9.26 Å². The maximum atomic E-state index is 12.9. The number of aromatic nitrogens is 1. The number of esters is 1. The van der Waals surface area contributed by atoms with Gasteiger partial charge in [-0.2, -0.15) is 0 Å². The first-order valence-electron chi connectivity index (χ1n) is 7.36. The molecule has 0 saturated heterocycles. The number of carbonyl (C=O) groups is 1. The normalized spacial score (nSPS) is 10.6. The zero-order valence-corrected chi connectivity index (χ0v) is 13.8. The number of carbonyl (C=O) groups excluding carboxylic acids is 1. The monoisotopic (exact) mass is 361 g/mol. The number of rotatable bonds is 6. The Labute approximate surface area is 146 Å². The number of ether oxygens (including phenoxy) is 1. The van der Waals surface area contributed by atoms with E-state index in [-0.39, 0.29) is 24.0 Å². The second-order valence-corrected chi connectivity index (χ2v) is 6.14. The van der Waals surface area contributed by atoms with E-state index in [1.54, 1.807) is 30.3 Å². The van der Waals surface area contributed by atoms with Gasteiger partial charge in [-0.15, -0.1) is 11.8 Å². The van der Waals surface area contributed by atoms with E-state index in [0.29, 0.717) is 17.0 Å². The fraction of sp³-hybridized carbons (Fsp3) is 0.111. The lowest BCUT2D eigenvalue weighted by Crippen LogP contribution is -2.07. The van der Waals surface area contributed by atoms with Crippen molar-refractivity contribution in [2.24, 2.45) is 0 Å². The summed E-state index contributed by atoms with van der Waals surface area (Å²) in [6.45, 7) is -0.0203. The molecule has 0 saturated carbocycles. The molecule has 0 radical (unpaired) electrons. The molecule has 0 fully saturated rings. The molecule has 128 valence electrons. The molecule has 0 unspecified atom stereocenters. The molecular formula is C18H13F2NO3S. The molecule has 3 aromatic rings. The Morgan fingerprint density at radius 2 is 1.68 bits per heavy atom. The first-order valence-corrected chi connectivity index (χ1v) is 8.34. The molecule has 0 aliphatic heterocycles. The highest BCUT2D eigenvalue weighted by Crippen LogP contribution is 2.21. The molecular weight excluding hydrogens is 348 g/mol. The minimum absolute atomic E-state index is 0.0203. The molecule has 2 aromatic carbocycles. The fourth-order valence-electron chi connectivity index (χ4n) is 2.00. The minimum Gasteiger partial charge on any atom is -0.458 e. The molecule has 1 aromatic heterocycles. The van der Waals surface area contributed by atoms with Crippen LogP contribution >= 0.6 is 11.8 Å². The van der Waals surface area contributed by atoms with Crippen LogP contribution in [-0.2, 0) is 16.1 Å². The lowest BCUT2D eigenvalue weighted by atomic mass is 10.1. The first kappa shape index (κ1) is 17.2. The van der Waals surface area contributed by atoms with Gasteiger partial charge in [-0.3, -0.25) is 4.79 Å². The molecule has 1 heterocycles. The van der Waals surface area contributed by atoms with Crippen molar-refractivity contribution < 1.29 is 22.8 Å². The Bertz CT molecular complexity index is 848. The van der Waals surface area contributed by atoms with E-state index >= 15 is 0 Å². The van der Waals surface area contributed by atoms with E-state index < -0.39 is 5.97 Å². The topological polar surface area (TPSA) is 52.3 Å². The van der Waals surface area contributed by atoms with Crippen molar-refractivity contribution in [3.05, 3.63) is 71.9 Å². The van der Waals surface area contributed by atoms with Crippen molar-refractivity contribution in [3.8, 4) is 11.3 Å². The van der Waals surface area contributed by atoms with E-state index in [9.17, 15) is 13.6 Å². The van der Waals surface area contributed by atoms with Gasteiger partial charge in [0.25, 0.3) is 0 Å². The van der Waals surface area contributed by atoms with Crippen LogP contribution in [0.4, 0.5) is 8.78 Å². The summed E-state index contributed by atoms with van der Waals surface area (Å²) in [5.41, 5.74) is 1.14. The highest BCUT2D eigenvalue weighted by atomic mass is 32.2. The average molecular weight is 361 g/mol. The van der Waals surface area contributed by atoms with Crippen LogP contribution in [0.2, 0.25) is 0 Å². The van der Waals surface area contributed by atoms with Crippen molar-refractivity contribution in [2.75, 3.05) is 5.75 Å². The molecule has 3 rings (SSSR count). The van der Waals surface area contributed by atoms with E-state index in [2.05, 4.69) is 5.16 Å². The Balaban J connectivity index is 1.49. The van der Waals surface area contributed by atoms with Gasteiger partial charge in [0.15, 0.2) is 5.76 Å². The van der Waals surface area contributed by atoms with Crippen LogP contribution in [0.5, 0.6) is 0 Å².